The Balaban J connectivity index is 1.21. The topological polar surface area (TPSA) is 104 Å². The van der Waals surface area contributed by atoms with Gasteiger partial charge in [-0.3, -0.25) is 4.90 Å². The number of aromatic hydroxyl groups is 1. The summed E-state index contributed by atoms with van der Waals surface area (Å²) in [7, 11) is 1.42. The van der Waals surface area contributed by atoms with Gasteiger partial charge in [0.05, 0.1) is 23.8 Å². The zero-order valence-corrected chi connectivity index (χ0v) is 27.8. The van der Waals surface area contributed by atoms with Crippen molar-refractivity contribution >= 4 is 27.5 Å². The number of hydrogen-bond donors (Lipinski definition) is 2. The van der Waals surface area contributed by atoms with E-state index in [0.717, 1.165) is 25.9 Å². The molecule has 11 heteroatoms. The van der Waals surface area contributed by atoms with Crippen LogP contribution in [0.25, 0.3) is 32.9 Å². The van der Waals surface area contributed by atoms with E-state index in [1.54, 1.807) is 6.92 Å². The van der Waals surface area contributed by atoms with Gasteiger partial charge in [0.25, 0.3) is 0 Å². The number of terminal acetylenes is 1. The quantitative estimate of drug-likeness (QED) is 0.241. The number of hydrogen-bond acceptors (Lipinski definition) is 9. The lowest BCUT2D eigenvalue weighted by Gasteiger charge is -2.38. The number of rotatable bonds is 6. The Labute approximate surface area is 283 Å². The Morgan fingerprint density at radius 2 is 1.71 bits per heavy atom. The molecule has 9 rings (SSSR count). The van der Waals surface area contributed by atoms with Crippen molar-refractivity contribution in [1.29, 1.82) is 0 Å². The molecule has 1 atom stereocenters. The summed E-state index contributed by atoms with van der Waals surface area (Å²) in [6.45, 7) is 5.21. The zero-order chi connectivity index (χ0) is 33.9. The number of fused-ring (bicyclic) bond motifs is 3. The highest BCUT2D eigenvalue weighted by atomic mass is 19.1. The first-order chi connectivity index (χ1) is 23.5. The molecule has 3 aliphatic heterocycles. The minimum absolute atomic E-state index is 0.0322. The van der Waals surface area contributed by atoms with Crippen LogP contribution in [0.3, 0.4) is 0 Å². The normalized spacial score (nSPS) is 24.4. The van der Waals surface area contributed by atoms with Crippen molar-refractivity contribution in [3.63, 3.8) is 0 Å². The third kappa shape index (κ3) is 4.89. The first-order valence-corrected chi connectivity index (χ1v) is 17.2. The molecule has 5 heterocycles. The van der Waals surface area contributed by atoms with Crippen LogP contribution in [0.5, 0.6) is 17.6 Å². The number of halogens is 2. The molecular weight excluding hydrogens is 628 g/mol. The van der Waals surface area contributed by atoms with Gasteiger partial charge in [0.2, 0.25) is 5.88 Å². The zero-order valence-electron chi connectivity index (χ0n) is 27.8. The summed E-state index contributed by atoms with van der Waals surface area (Å²) in [5.74, 6) is 1.14. The number of β-amino-alcohol motifs (C(OH)–C–C–N with tert-alkyl or cyclic N) is 1. The number of methoxy groups -OCH3 is 1. The minimum atomic E-state index is -0.990. The highest BCUT2D eigenvalue weighted by Crippen LogP contribution is 2.67. The third-order valence-electron chi connectivity index (χ3n) is 11.8. The molecule has 0 radical (unpaired) electrons. The van der Waals surface area contributed by atoms with Crippen LogP contribution >= 0.6 is 0 Å². The fourth-order valence-corrected chi connectivity index (χ4v) is 9.29. The van der Waals surface area contributed by atoms with Crippen molar-refractivity contribution in [2.45, 2.75) is 69.4 Å². The van der Waals surface area contributed by atoms with E-state index in [2.05, 4.69) is 20.8 Å². The Bertz CT molecular complexity index is 2080. The maximum absolute atomic E-state index is 17.2. The fourth-order valence-electron chi connectivity index (χ4n) is 9.29. The van der Waals surface area contributed by atoms with E-state index in [0.29, 0.717) is 48.0 Å². The molecule has 5 fully saturated rings. The lowest BCUT2D eigenvalue weighted by molar-refractivity contribution is 0.0447. The number of phenolic OH excluding ortho intramolecular Hbond substituents is 1. The SMILES string of the molecule is C#Cc1c(F)ccc2cc(O)cc(-c3nc(OC)c4c(N5CCCC(C)(O)C5)nc(OCC56CC7(CC7)CN5CC5(CC5)C6)nc4c3F)c12. The number of ether oxygens (including phenoxy) is 2. The average Bonchev–Trinajstić information content (AvgIpc) is 3.96. The summed E-state index contributed by atoms with van der Waals surface area (Å²) in [6.07, 6.45) is 14.2. The summed E-state index contributed by atoms with van der Waals surface area (Å²) in [4.78, 5) is 18.7. The maximum Gasteiger partial charge on any atom is 0.319 e. The predicted molar refractivity (Wildman–Crippen MR) is 181 cm³/mol. The molecule has 2 aliphatic carbocycles. The van der Waals surface area contributed by atoms with Gasteiger partial charge in [-0.2, -0.15) is 9.97 Å². The van der Waals surface area contributed by atoms with Crippen molar-refractivity contribution in [3.8, 4) is 41.2 Å². The smallest absolute Gasteiger partial charge is 0.319 e. The molecule has 9 nitrogen and oxygen atoms in total. The Morgan fingerprint density at radius 1 is 0.980 bits per heavy atom. The van der Waals surface area contributed by atoms with Gasteiger partial charge in [-0.05, 0) is 92.7 Å². The van der Waals surface area contributed by atoms with E-state index in [-0.39, 0.29) is 62.8 Å². The van der Waals surface area contributed by atoms with Gasteiger partial charge in [0.1, 0.15) is 40.6 Å². The Morgan fingerprint density at radius 3 is 2.37 bits per heavy atom. The van der Waals surface area contributed by atoms with Gasteiger partial charge in [-0.25, -0.2) is 13.8 Å². The number of aliphatic hydroxyl groups is 1. The van der Waals surface area contributed by atoms with Gasteiger partial charge in [0.15, 0.2) is 5.82 Å². The van der Waals surface area contributed by atoms with Gasteiger partial charge in [-0.1, -0.05) is 12.0 Å². The van der Waals surface area contributed by atoms with Crippen LogP contribution in [0.15, 0.2) is 24.3 Å². The van der Waals surface area contributed by atoms with Crippen molar-refractivity contribution in [2.75, 3.05) is 44.8 Å². The summed E-state index contributed by atoms with van der Waals surface area (Å²) in [5.41, 5.74) is -0.603. The fraction of sp³-hybridized carbons (Fsp3) is 0.500. The van der Waals surface area contributed by atoms with Crippen LogP contribution in [-0.4, -0.2) is 81.1 Å². The van der Waals surface area contributed by atoms with E-state index in [1.807, 2.05) is 4.90 Å². The predicted octanol–water partition coefficient (Wildman–Crippen LogP) is 5.96. The first-order valence-electron chi connectivity index (χ1n) is 17.2. The van der Waals surface area contributed by atoms with E-state index in [9.17, 15) is 14.6 Å². The van der Waals surface area contributed by atoms with E-state index in [1.165, 1.54) is 57.1 Å². The largest absolute Gasteiger partial charge is 0.508 e. The molecule has 2 spiro atoms. The molecule has 49 heavy (non-hydrogen) atoms. The molecule has 0 amide bonds. The highest BCUT2D eigenvalue weighted by molar-refractivity contribution is 6.04. The van der Waals surface area contributed by atoms with E-state index < -0.39 is 17.2 Å². The number of piperidine rings is 1. The summed E-state index contributed by atoms with van der Waals surface area (Å²) in [5, 5.41) is 22.6. The second kappa shape index (κ2) is 10.4. The number of nitrogens with zero attached hydrogens (tertiary/aromatic N) is 5. The number of pyridine rings is 1. The number of benzene rings is 2. The molecule has 3 saturated heterocycles. The first kappa shape index (κ1) is 30.8. The molecule has 2 aromatic heterocycles. The highest BCUT2D eigenvalue weighted by Gasteiger charge is 2.67. The van der Waals surface area contributed by atoms with Crippen molar-refractivity contribution in [3.05, 3.63) is 41.5 Å². The molecule has 4 aromatic rings. The van der Waals surface area contributed by atoms with Crippen molar-refractivity contribution < 1.29 is 28.5 Å². The van der Waals surface area contributed by atoms with Crippen molar-refractivity contribution in [1.82, 2.24) is 19.9 Å². The van der Waals surface area contributed by atoms with Crippen LogP contribution in [0.1, 0.15) is 63.9 Å². The second-order valence-corrected chi connectivity index (χ2v) is 15.7. The molecule has 2 N–H and O–H groups in total. The van der Waals surface area contributed by atoms with Crippen LogP contribution < -0.4 is 14.4 Å². The lowest BCUT2D eigenvalue weighted by Crippen LogP contribution is -2.46. The molecular formula is C38H39F2N5O4. The molecule has 0 bridgehead atoms. The molecule has 2 saturated carbocycles. The Hall–Kier alpha value is -4.27. The molecule has 2 aromatic carbocycles. The van der Waals surface area contributed by atoms with Gasteiger partial charge >= 0.3 is 6.01 Å². The summed E-state index contributed by atoms with van der Waals surface area (Å²) >= 11 is 0. The molecule has 5 aliphatic rings. The number of phenols is 1. The number of aromatic nitrogens is 3. The van der Waals surface area contributed by atoms with E-state index in [4.69, 9.17) is 20.9 Å². The third-order valence-corrected chi connectivity index (χ3v) is 11.8. The monoisotopic (exact) mass is 667 g/mol. The summed E-state index contributed by atoms with van der Waals surface area (Å²) < 4.78 is 44.5. The molecule has 1 unspecified atom stereocenters. The van der Waals surface area contributed by atoms with Crippen LogP contribution in [0, 0.1) is 34.8 Å². The standard InChI is InChI=1S/C38H39F2N5O4/c1-4-24-26(39)7-6-22-14-23(46)15-25(27(22)24)30-29(40)31-28(33(41-30)48-3)32(44-13-5-8-35(2,47)18-44)43-34(42-31)49-21-38-16-36(9-10-36)19-45(38)20-37(17-38)11-12-37/h1,6-7,14-15,46-47H,5,8-13,16-21H2,2-3H3. The van der Waals surface area contributed by atoms with Crippen LogP contribution in [-0.2, 0) is 0 Å². The lowest BCUT2D eigenvalue weighted by atomic mass is 9.85. The Kier molecular flexibility index (Phi) is 6.51. The van der Waals surface area contributed by atoms with Crippen LogP contribution in [0.2, 0.25) is 0 Å². The number of anilines is 1. The second-order valence-electron chi connectivity index (χ2n) is 15.7. The average molecular weight is 668 g/mol. The summed E-state index contributed by atoms with van der Waals surface area (Å²) in [6, 6.07) is 5.48. The van der Waals surface area contributed by atoms with Gasteiger partial charge in [0, 0.05) is 37.1 Å². The van der Waals surface area contributed by atoms with Crippen molar-refractivity contribution in [2.24, 2.45) is 10.8 Å². The minimum Gasteiger partial charge on any atom is -0.508 e. The van der Waals surface area contributed by atoms with E-state index >= 15 is 4.39 Å². The van der Waals surface area contributed by atoms with Crippen LogP contribution in [0.4, 0.5) is 14.6 Å². The van der Waals surface area contributed by atoms with Gasteiger partial charge < -0.3 is 24.6 Å². The molecule has 254 valence electrons. The van der Waals surface area contributed by atoms with Gasteiger partial charge in [-0.15, -0.1) is 6.42 Å². The maximum atomic E-state index is 17.2.